The molecule has 138 valence electrons. The normalized spacial score (nSPS) is 52.3. The number of aliphatic hydroxyl groups is 1. The van der Waals surface area contributed by atoms with Gasteiger partial charge < -0.3 is 9.52 Å². The van der Waals surface area contributed by atoms with Gasteiger partial charge >= 0.3 is 0 Å². The van der Waals surface area contributed by atoms with Crippen molar-refractivity contribution in [2.45, 2.75) is 89.6 Å². The first-order valence-corrected chi connectivity index (χ1v) is 10.7. The average Bonchev–Trinajstić information content (AvgIpc) is 3.20. The van der Waals surface area contributed by atoms with Crippen LogP contribution < -0.4 is 0 Å². The minimum atomic E-state index is -0.487. The summed E-state index contributed by atoms with van der Waals surface area (Å²) in [6.45, 7) is 4.96. The summed E-state index contributed by atoms with van der Waals surface area (Å²) in [6, 6.07) is 4.14. The summed E-state index contributed by atoms with van der Waals surface area (Å²) in [5.74, 6) is 3.66. The lowest BCUT2D eigenvalue weighted by atomic mass is 9.43. The fourth-order valence-corrected chi connectivity index (χ4v) is 8.21. The topological polar surface area (TPSA) is 33.4 Å². The minimum Gasteiger partial charge on any atom is -0.469 e. The summed E-state index contributed by atoms with van der Waals surface area (Å²) in [5, 5.41) is 12.1. The Labute approximate surface area is 152 Å². The molecule has 0 aromatic carbocycles. The highest BCUT2D eigenvalue weighted by Gasteiger charge is 2.67. The zero-order valence-electron chi connectivity index (χ0n) is 16.0. The molecule has 2 unspecified atom stereocenters. The monoisotopic (exact) mass is 342 g/mol. The van der Waals surface area contributed by atoms with Crippen molar-refractivity contribution in [3.05, 3.63) is 24.2 Å². The fraction of sp³-hybridized carbons (Fsp3) is 0.826. The average molecular weight is 343 g/mol. The van der Waals surface area contributed by atoms with Crippen LogP contribution >= 0.6 is 0 Å². The smallest absolute Gasteiger partial charge is 0.107 e. The summed E-state index contributed by atoms with van der Waals surface area (Å²) in [7, 11) is 0. The second-order valence-electron chi connectivity index (χ2n) is 10.2. The van der Waals surface area contributed by atoms with Gasteiger partial charge in [0, 0.05) is 11.3 Å². The predicted molar refractivity (Wildman–Crippen MR) is 99.3 cm³/mol. The Morgan fingerprint density at radius 2 is 1.84 bits per heavy atom. The Morgan fingerprint density at radius 3 is 2.64 bits per heavy atom. The Kier molecular flexibility index (Phi) is 3.53. The van der Waals surface area contributed by atoms with Gasteiger partial charge in [0.05, 0.1) is 11.9 Å². The van der Waals surface area contributed by atoms with Crippen molar-refractivity contribution in [3.63, 3.8) is 0 Å². The molecule has 1 heterocycles. The fourth-order valence-electron chi connectivity index (χ4n) is 8.21. The highest BCUT2D eigenvalue weighted by Crippen LogP contribution is 2.70. The quantitative estimate of drug-likeness (QED) is 0.688. The summed E-state index contributed by atoms with van der Waals surface area (Å²) in [6.07, 6.45) is 14.6. The number of furan rings is 1. The van der Waals surface area contributed by atoms with E-state index in [1.165, 1.54) is 51.4 Å². The van der Waals surface area contributed by atoms with E-state index in [0.717, 1.165) is 30.4 Å². The van der Waals surface area contributed by atoms with Crippen LogP contribution in [0.4, 0.5) is 0 Å². The van der Waals surface area contributed by atoms with E-state index in [0.29, 0.717) is 17.3 Å². The molecule has 0 radical (unpaired) electrons. The molecule has 0 amide bonds. The summed E-state index contributed by atoms with van der Waals surface area (Å²) >= 11 is 0. The second kappa shape index (κ2) is 5.38. The molecular formula is C23H34O2. The summed E-state index contributed by atoms with van der Waals surface area (Å²) in [5.41, 5.74) is -0.0102. The third-order valence-electron chi connectivity index (χ3n) is 9.66. The van der Waals surface area contributed by atoms with E-state index in [2.05, 4.69) is 19.9 Å². The Bertz CT molecular complexity index is 637. The van der Waals surface area contributed by atoms with Gasteiger partial charge in [-0.2, -0.15) is 0 Å². The van der Waals surface area contributed by atoms with E-state index in [9.17, 15) is 5.11 Å². The lowest BCUT2D eigenvalue weighted by Crippen LogP contribution is -2.61. The molecule has 2 nitrogen and oxygen atoms in total. The third kappa shape index (κ3) is 2.01. The second-order valence-corrected chi connectivity index (χ2v) is 10.2. The van der Waals surface area contributed by atoms with Gasteiger partial charge in [-0.3, -0.25) is 0 Å². The summed E-state index contributed by atoms with van der Waals surface area (Å²) < 4.78 is 5.81. The molecule has 0 spiro atoms. The molecule has 1 aromatic rings. The van der Waals surface area contributed by atoms with E-state index in [1.807, 2.05) is 6.07 Å². The van der Waals surface area contributed by atoms with Crippen LogP contribution in [0.2, 0.25) is 0 Å². The summed E-state index contributed by atoms with van der Waals surface area (Å²) in [4.78, 5) is 0. The van der Waals surface area contributed by atoms with Gasteiger partial charge in [0.25, 0.3) is 0 Å². The molecular weight excluding hydrogens is 308 g/mol. The van der Waals surface area contributed by atoms with E-state index in [-0.39, 0.29) is 5.41 Å². The van der Waals surface area contributed by atoms with E-state index in [1.54, 1.807) is 6.26 Å². The van der Waals surface area contributed by atoms with Crippen molar-refractivity contribution in [3.8, 4) is 0 Å². The maximum Gasteiger partial charge on any atom is 0.107 e. The van der Waals surface area contributed by atoms with Gasteiger partial charge in [-0.1, -0.05) is 26.7 Å². The van der Waals surface area contributed by atoms with E-state index >= 15 is 0 Å². The van der Waals surface area contributed by atoms with Crippen molar-refractivity contribution in [1.29, 1.82) is 0 Å². The maximum absolute atomic E-state index is 12.1. The molecule has 0 saturated heterocycles. The van der Waals surface area contributed by atoms with Gasteiger partial charge in [-0.25, -0.2) is 0 Å². The van der Waals surface area contributed by atoms with Crippen LogP contribution in [-0.4, -0.2) is 10.7 Å². The Morgan fingerprint density at radius 1 is 0.960 bits per heavy atom. The number of hydrogen-bond acceptors (Lipinski definition) is 2. The maximum atomic E-state index is 12.1. The molecule has 0 bridgehead atoms. The van der Waals surface area contributed by atoms with E-state index in [4.69, 9.17) is 4.42 Å². The standard InChI is InChI=1S/C23H34O2/c1-21-12-4-3-6-16(21)8-9-18-17(21)10-13-22(2)19(11-14-23(18,22)24)20-7-5-15-25-20/h5,7,15-19,24H,3-4,6,8-14H2,1-2H3/t16?,17-,18+,19?,21-,22+,23+/m0/s1. The molecule has 1 N–H and O–H groups in total. The van der Waals surface area contributed by atoms with Crippen LogP contribution in [0.1, 0.15) is 89.7 Å². The van der Waals surface area contributed by atoms with Crippen LogP contribution in [0.25, 0.3) is 0 Å². The van der Waals surface area contributed by atoms with Crippen molar-refractivity contribution in [2.24, 2.45) is 28.6 Å². The molecule has 4 saturated carbocycles. The van der Waals surface area contributed by atoms with Crippen molar-refractivity contribution < 1.29 is 9.52 Å². The lowest BCUT2D eigenvalue weighted by molar-refractivity contribution is -0.201. The van der Waals surface area contributed by atoms with Crippen LogP contribution in [-0.2, 0) is 0 Å². The van der Waals surface area contributed by atoms with E-state index < -0.39 is 5.60 Å². The molecule has 25 heavy (non-hydrogen) atoms. The molecule has 0 aliphatic heterocycles. The first-order valence-electron chi connectivity index (χ1n) is 10.7. The van der Waals surface area contributed by atoms with Gasteiger partial charge in [-0.15, -0.1) is 0 Å². The first kappa shape index (κ1) is 16.4. The third-order valence-corrected chi connectivity index (χ3v) is 9.66. The van der Waals surface area contributed by atoms with Crippen LogP contribution in [0, 0.1) is 28.6 Å². The Hall–Kier alpha value is -0.760. The molecule has 7 atom stereocenters. The molecule has 4 fully saturated rings. The number of fused-ring (bicyclic) bond motifs is 5. The zero-order valence-corrected chi connectivity index (χ0v) is 16.0. The molecule has 4 aliphatic rings. The van der Waals surface area contributed by atoms with Crippen LogP contribution in [0.5, 0.6) is 0 Å². The van der Waals surface area contributed by atoms with Crippen molar-refractivity contribution in [1.82, 2.24) is 0 Å². The highest BCUT2D eigenvalue weighted by atomic mass is 16.3. The van der Waals surface area contributed by atoms with Gasteiger partial charge in [0.15, 0.2) is 0 Å². The minimum absolute atomic E-state index is 0.0100. The van der Waals surface area contributed by atoms with Gasteiger partial charge in [0.2, 0.25) is 0 Å². The van der Waals surface area contributed by atoms with Gasteiger partial charge in [0.1, 0.15) is 5.76 Å². The number of hydrogen-bond donors (Lipinski definition) is 1. The van der Waals surface area contributed by atoms with Crippen molar-refractivity contribution >= 4 is 0 Å². The number of rotatable bonds is 1. The largest absolute Gasteiger partial charge is 0.469 e. The van der Waals surface area contributed by atoms with Gasteiger partial charge in [-0.05, 0) is 86.7 Å². The predicted octanol–water partition coefficient (Wildman–Crippen LogP) is 5.91. The SMILES string of the molecule is C[C@]12CCCCC1CC[C@@H]1[C@@H]2CC[C@]2(C)C(c3ccco3)CC[C@@]12O. The lowest BCUT2D eigenvalue weighted by Gasteiger charge is -2.63. The molecule has 2 heteroatoms. The molecule has 4 aliphatic carbocycles. The van der Waals surface area contributed by atoms with Crippen LogP contribution in [0.15, 0.2) is 22.8 Å². The highest BCUT2D eigenvalue weighted by molar-refractivity contribution is 5.24. The molecule has 5 rings (SSSR count). The van der Waals surface area contributed by atoms with Crippen LogP contribution in [0.3, 0.4) is 0 Å². The van der Waals surface area contributed by atoms with Crippen molar-refractivity contribution in [2.75, 3.05) is 0 Å². The zero-order chi connectivity index (χ0) is 17.3. The Balaban J connectivity index is 1.51. The molecule has 1 aromatic heterocycles. The first-order chi connectivity index (χ1) is 12.0.